The van der Waals surface area contributed by atoms with E-state index in [1.807, 2.05) is 6.07 Å². The highest BCUT2D eigenvalue weighted by Gasteiger charge is 2.18. The lowest BCUT2D eigenvalue weighted by Crippen LogP contribution is -2.38. The highest BCUT2D eigenvalue weighted by Crippen LogP contribution is 2.15. The van der Waals surface area contributed by atoms with E-state index in [9.17, 15) is 19.5 Å². The summed E-state index contributed by atoms with van der Waals surface area (Å²) in [5, 5.41) is 17.5. The second-order valence-electron chi connectivity index (χ2n) is 5.88. The first-order valence-corrected chi connectivity index (χ1v) is 8.71. The number of benzene rings is 2. The third-order valence-electron chi connectivity index (χ3n) is 3.86. The maximum atomic E-state index is 12.2. The minimum absolute atomic E-state index is 0.116. The molecule has 1 atom stereocenters. The number of aliphatic hydroxyl groups is 1. The molecule has 4 N–H and O–H groups in total. The van der Waals surface area contributed by atoms with Crippen molar-refractivity contribution in [3.63, 3.8) is 0 Å². The molecule has 0 heterocycles. The molecule has 8 nitrogen and oxygen atoms in total. The number of hydrogen-bond donors (Lipinski definition) is 4. The van der Waals surface area contributed by atoms with E-state index < -0.39 is 23.8 Å². The summed E-state index contributed by atoms with van der Waals surface area (Å²) in [7, 11) is 1.52. The molecule has 2 rings (SSSR count). The Morgan fingerprint density at radius 1 is 0.964 bits per heavy atom. The summed E-state index contributed by atoms with van der Waals surface area (Å²) in [5.41, 5.74) is 1.06. The monoisotopic (exact) mass is 385 g/mol. The second-order valence-corrected chi connectivity index (χ2v) is 5.88. The minimum Gasteiger partial charge on any atom is -0.387 e. The van der Waals surface area contributed by atoms with Crippen molar-refractivity contribution in [1.29, 1.82) is 0 Å². The smallest absolute Gasteiger partial charge is 0.313 e. The SMILES string of the molecule is COCCNC(=O)c1ccccc1NC(=O)C(=O)NC[C@@H](O)c1ccccc1. The summed E-state index contributed by atoms with van der Waals surface area (Å²) in [6.45, 7) is 0.553. The van der Waals surface area contributed by atoms with Crippen LogP contribution >= 0.6 is 0 Å². The third-order valence-corrected chi connectivity index (χ3v) is 3.86. The number of carbonyl (C=O) groups is 3. The molecule has 0 spiro atoms. The van der Waals surface area contributed by atoms with E-state index in [1.54, 1.807) is 36.4 Å². The van der Waals surface area contributed by atoms with E-state index in [4.69, 9.17) is 4.74 Å². The van der Waals surface area contributed by atoms with E-state index in [0.29, 0.717) is 18.7 Å². The lowest BCUT2D eigenvalue weighted by atomic mass is 10.1. The topological polar surface area (TPSA) is 117 Å². The number of hydrogen-bond acceptors (Lipinski definition) is 5. The number of methoxy groups -OCH3 is 1. The van der Waals surface area contributed by atoms with Gasteiger partial charge in [-0.15, -0.1) is 0 Å². The van der Waals surface area contributed by atoms with Crippen LogP contribution in [-0.4, -0.2) is 49.6 Å². The zero-order chi connectivity index (χ0) is 20.4. The quantitative estimate of drug-likeness (QED) is 0.397. The first kappa shape index (κ1) is 21.1. The Bertz CT molecular complexity index is 810. The molecular weight excluding hydrogens is 362 g/mol. The molecule has 148 valence electrons. The van der Waals surface area contributed by atoms with E-state index in [1.165, 1.54) is 19.2 Å². The predicted octanol–water partition coefficient (Wildman–Crippen LogP) is 0.851. The standard InChI is InChI=1S/C20H23N3O5/c1-28-12-11-21-18(25)15-9-5-6-10-16(15)23-20(27)19(26)22-13-17(24)14-7-3-2-4-8-14/h2-10,17,24H,11-13H2,1H3,(H,21,25)(H,22,26)(H,23,27)/t17-/m1/s1. The lowest BCUT2D eigenvalue weighted by molar-refractivity contribution is -0.136. The van der Waals surface area contributed by atoms with Crippen LogP contribution in [0.2, 0.25) is 0 Å². The molecule has 0 unspecified atom stereocenters. The van der Waals surface area contributed by atoms with Gasteiger partial charge in [0.1, 0.15) is 0 Å². The van der Waals surface area contributed by atoms with Gasteiger partial charge in [-0.2, -0.15) is 0 Å². The fraction of sp³-hybridized carbons (Fsp3) is 0.250. The van der Waals surface area contributed by atoms with Crippen molar-refractivity contribution in [2.24, 2.45) is 0 Å². The Labute approximate surface area is 162 Å². The molecule has 0 aromatic heterocycles. The second kappa shape index (κ2) is 10.8. The van der Waals surface area contributed by atoms with Gasteiger partial charge in [-0.05, 0) is 17.7 Å². The molecule has 0 saturated heterocycles. The molecule has 0 saturated carbocycles. The fourth-order valence-electron chi connectivity index (χ4n) is 2.39. The average Bonchev–Trinajstić information content (AvgIpc) is 2.72. The Morgan fingerprint density at radius 3 is 2.36 bits per heavy atom. The summed E-state index contributed by atoms with van der Waals surface area (Å²) < 4.78 is 4.87. The van der Waals surface area contributed by atoms with Crippen LogP contribution in [0.4, 0.5) is 5.69 Å². The Morgan fingerprint density at radius 2 is 1.64 bits per heavy atom. The molecule has 8 heteroatoms. The molecule has 0 aliphatic carbocycles. The van der Waals surface area contributed by atoms with E-state index in [2.05, 4.69) is 16.0 Å². The maximum absolute atomic E-state index is 12.2. The maximum Gasteiger partial charge on any atom is 0.313 e. The number of nitrogens with one attached hydrogen (secondary N) is 3. The van der Waals surface area contributed by atoms with Crippen LogP contribution < -0.4 is 16.0 Å². The first-order valence-electron chi connectivity index (χ1n) is 8.71. The number of rotatable bonds is 8. The molecule has 0 fully saturated rings. The Hall–Kier alpha value is -3.23. The van der Waals surface area contributed by atoms with Gasteiger partial charge in [0.2, 0.25) is 0 Å². The normalized spacial score (nSPS) is 11.4. The lowest BCUT2D eigenvalue weighted by Gasteiger charge is -2.13. The highest BCUT2D eigenvalue weighted by molar-refractivity contribution is 6.40. The number of ether oxygens (including phenoxy) is 1. The van der Waals surface area contributed by atoms with Crippen molar-refractivity contribution in [2.45, 2.75) is 6.10 Å². The van der Waals surface area contributed by atoms with Gasteiger partial charge in [0.25, 0.3) is 5.91 Å². The number of para-hydroxylation sites is 1. The fourth-order valence-corrected chi connectivity index (χ4v) is 2.39. The van der Waals surface area contributed by atoms with E-state index in [0.717, 1.165) is 0 Å². The van der Waals surface area contributed by atoms with Crippen molar-refractivity contribution in [1.82, 2.24) is 10.6 Å². The van der Waals surface area contributed by atoms with Crippen molar-refractivity contribution in [3.8, 4) is 0 Å². The predicted molar refractivity (Wildman–Crippen MR) is 104 cm³/mol. The molecule has 0 aliphatic rings. The van der Waals surface area contributed by atoms with Crippen LogP contribution in [0.15, 0.2) is 54.6 Å². The summed E-state index contributed by atoms with van der Waals surface area (Å²) in [4.78, 5) is 36.4. The number of amides is 3. The van der Waals surface area contributed by atoms with Crippen LogP contribution in [0.1, 0.15) is 22.0 Å². The zero-order valence-electron chi connectivity index (χ0n) is 15.5. The molecule has 2 aromatic rings. The number of anilines is 1. The number of aliphatic hydroxyl groups excluding tert-OH is 1. The summed E-state index contributed by atoms with van der Waals surface area (Å²) in [6, 6.07) is 15.1. The van der Waals surface area contributed by atoms with Crippen LogP contribution in [0.5, 0.6) is 0 Å². The van der Waals surface area contributed by atoms with Crippen LogP contribution in [-0.2, 0) is 14.3 Å². The Kier molecular flexibility index (Phi) is 8.13. The van der Waals surface area contributed by atoms with Gasteiger partial charge in [0, 0.05) is 20.2 Å². The van der Waals surface area contributed by atoms with Gasteiger partial charge in [-0.3, -0.25) is 14.4 Å². The van der Waals surface area contributed by atoms with Gasteiger partial charge in [0.15, 0.2) is 0 Å². The van der Waals surface area contributed by atoms with E-state index in [-0.39, 0.29) is 17.8 Å². The Balaban J connectivity index is 1.93. The van der Waals surface area contributed by atoms with Crippen LogP contribution in [0.3, 0.4) is 0 Å². The van der Waals surface area contributed by atoms with Gasteiger partial charge in [-0.1, -0.05) is 42.5 Å². The molecule has 28 heavy (non-hydrogen) atoms. The summed E-state index contributed by atoms with van der Waals surface area (Å²) in [5.74, 6) is -2.24. The zero-order valence-corrected chi connectivity index (χ0v) is 15.5. The molecule has 0 radical (unpaired) electrons. The highest BCUT2D eigenvalue weighted by atomic mass is 16.5. The van der Waals surface area contributed by atoms with Crippen molar-refractivity contribution < 1.29 is 24.2 Å². The molecule has 0 aliphatic heterocycles. The molecule has 3 amide bonds. The molecular formula is C20H23N3O5. The van der Waals surface area contributed by atoms with Gasteiger partial charge < -0.3 is 25.8 Å². The first-order chi connectivity index (χ1) is 13.5. The van der Waals surface area contributed by atoms with E-state index >= 15 is 0 Å². The largest absolute Gasteiger partial charge is 0.387 e. The summed E-state index contributed by atoms with van der Waals surface area (Å²) in [6.07, 6.45) is -0.934. The van der Waals surface area contributed by atoms with Crippen LogP contribution in [0, 0.1) is 0 Å². The van der Waals surface area contributed by atoms with Gasteiger partial charge in [-0.25, -0.2) is 0 Å². The van der Waals surface area contributed by atoms with Crippen molar-refractivity contribution >= 4 is 23.4 Å². The van der Waals surface area contributed by atoms with Gasteiger partial charge in [0.05, 0.1) is 24.0 Å². The van der Waals surface area contributed by atoms with Crippen molar-refractivity contribution in [2.75, 3.05) is 32.1 Å². The van der Waals surface area contributed by atoms with Crippen molar-refractivity contribution in [3.05, 3.63) is 65.7 Å². The van der Waals surface area contributed by atoms with Gasteiger partial charge >= 0.3 is 11.8 Å². The summed E-state index contributed by atoms with van der Waals surface area (Å²) >= 11 is 0. The molecule has 0 bridgehead atoms. The number of carbonyl (C=O) groups excluding carboxylic acids is 3. The molecule has 2 aromatic carbocycles. The third kappa shape index (κ3) is 6.19. The van der Waals surface area contributed by atoms with Crippen LogP contribution in [0.25, 0.3) is 0 Å². The average molecular weight is 385 g/mol. The minimum atomic E-state index is -0.934.